The summed E-state index contributed by atoms with van der Waals surface area (Å²) in [5.41, 5.74) is 1.85. The Bertz CT molecular complexity index is 956. The number of aliphatic hydroxyl groups is 2. The molecule has 0 aromatic heterocycles. The fourth-order valence-corrected chi connectivity index (χ4v) is 3.99. The third kappa shape index (κ3) is 3.26. The first-order valence-corrected chi connectivity index (χ1v) is 9.44. The molecule has 2 heterocycles. The number of aliphatic hydroxyl groups excluding tert-OH is 2. The molecule has 0 bridgehead atoms. The van der Waals surface area contributed by atoms with Gasteiger partial charge >= 0.3 is 0 Å². The molecule has 1 unspecified atom stereocenters. The first kappa shape index (κ1) is 18.5. The summed E-state index contributed by atoms with van der Waals surface area (Å²) in [7, 11) is 0. The summed E-state index contributed by atoms with van der Waals surface area (Å²) < 4.78 is 1.89. The van der Waals surface area contributed by atoms with Gasteiger partial charge in [0.05, 0.1) is 12.6 Å². The van der Waals surface area contributed by atoms with Crippen LogP contribution in [0.5, 0.6) is 0 Å². The summed E-state index contributed by atoms with van der Waals surface area (Å²) in [6, 6.07) is 7.17. The molecule has 2 aliphatic heterocycles. The van der Waals surface area contributed by atoms with Crippen molar-refractivity contribution < 1.29 is 14.8 Å². The first-order valence-electron chi connectivity index (χ1n) is 9.44. The number of nitrogens with zero attached hydrogens (tertiary/aromatic N) is 4. The Morgan fingerprint density at radius 2 is 2.18 bits per heavy atom. The number of fused-ring (bicyclic) bond motifs is 1. The zero-order valence-electron chi connectivity index (χ0n) is 15.9. The highest BCUT2D eigenvalue weighted by molar-refractivity contribution is 6.21. The van der Waals surface area contributed by atoms with E-state index >= 15 is 0 Å². The Morgan fingerprint density at radius 1 is 1.36 bits per heavy atom. The van der Waals surface area contributed by atoms with Gasteiger partial charge in [-0.3, -0.25) is 4.99 Å². The van der Waals surface area contributed by atoms with E-state index in [1.54, 1.807) is 6.34 Å². The second kappa shape index (κ2) is 7.30. The van der Waals surface area contributed by atoms with Crippen LogP contribution in [0.15, 0.2) is 39.2 Å². The number of nitrogens with one attached hydrogen (secondary N) is 1. The molecule has 0 amide bonds. The van der Waals surface area contributed by atoms with E-state index in [0.717, 1.165) is 22.8 Å². The van der Waals surface area contributed by atoms with Gasteiger partial charge < -0.3 is 15.5 Å². The fourth-order valence-electron chi connectivity index (χ4n) is 3.99. The molecular formula is C21H24N5O2+. The van der Waals surface area contributed by atoms with Crippen molar-refractivity contribution in [1.82, 2.24) is 5.32 Å². The lowest BCUT2D eigenvalue weighted by molar-refractivity contribution is -0.457. The van der Waals surface area contributed by atoms with E-state index in [4.69, 9.17) is 11.4 Å². The largest absolute Gasteiger partial charge is 0.390 e. The minimum Gasteiger partial charge on any atom is -0.390 e. The summed E-state index contributed by atoms with van der Waals surface area (Å²) in [5, 5.41) is 23.8. The molecule has 3 N–H and O–H groups in total. The van der Waals surface area contributed by atoms with Crippen molar-refractivity contribution in [3.63, 3.8) is 0 Å². The van der Waals surface area contributed by atoms with Crippen LogP contribution in [0.25, 0.3) is 0 Å². The Morgan fingerprint density at radius 3 is 2.89 bits per heavy atom. The van der Waals surface area contributed by atoms with Gasteiger partial charge in [-0.25, -0.2) is 4.58 Å². The van der Waals surface area contributed by atoms with Crippen LogP contribution >= 0.6 is 0 Å². The Labute approximate surface area is 164 Å². The molecule has 0 saturated heterocycles. The number of benzene rings is 1. The number of hydrogen-bond acceptors (Lipinski definition) is 5. The van der Waals surface area contributed by atoms with E-state index in [1.807, 2.05) is 42.7 Å². The summed E-state index contributed by atoms with van der Waals surface area (Å²) in [4.78, 5) is 13.9. The average molecular weight is 378 g/mol. The summed E-state index contributed by atoms with van der Waals surface area (Å²) in [5.74, 6) is 4.83. The molecule has 1 aliphatic carbocycles. The molecule has 5 atom stereocenters. The van der Waals surface area contributed by atoms with Crippen molar-refractivity contribution in [2.24, 2.45) is 20.9 Å². The van der Waals surface area contributed by atoms with Gasteiger partial charge in [-0.15, -0.1) is 11.4 Å². The van der Waals surface area contributed by atoms with Gasteiger partial charge in [0.25, 0.3) is 11.9 Å². The molecule has 4 rings (SSSR count). The molecule has 1 aromatic carbocycles. The summed E-state index contributed by atoms with van der Waals surface area (Å²) in [6.45, 7) is 4.29. The van der Waals surface area contributed by atoms with Gasteiger partial charge in [0.15, 0.2) is 11.7 Å². The van der Waals surface area contributed by atoms with Gasteiger partial charge in [-0.1, -0.05) is 30.0 Å². The van der Waals surface area contributed by atoms with Gasteiger partial charge in [0.2, 0.25) is 6.34 Å². The third-order valence-corrected chi connectivity index (χ3v) is 5.52. The maximum atomic E-state index is 10.4. The molecule has 1 fully saturated rings. The predicted molar refractivity (Wildman–Crippen MR) is 109 cm³/mol. The molecule has 1 saturated carbocycles. The van der Waals surface area contributed by atoms with Crippen LogP contribution in [0, 0.1) is 18.3 Å². The number of aliphatic imine (C=N–C) groups is 3. The Balaban J connectivity index is 1.62. The van der Waals surface area contributed by atoms with E-state index in [-0.39, 0.29) is 18.0 Å². The fraction of sp³-hybridized carbons (Fsp3) is 0.429. The molecule has 0 radical (unpaired) electrons. The van der Waals surface area contributed by atoms with E-state index < -0.39 is 12.2 Å². The zero-order chi connectivity index (χ0) is 19.8. The van der Waals surface area contributed by atoms with Crippen molar-refractivity contribution in [2.45, 2.75) is 51.1 Å². The van der Waals surface area contributed by atoms with Crippen LogP contribution in [0.1, 0.15) is 31.4 Å². The molecule has 3 aliphatic rings. The summed E-state index contributed by atoms with van der Waals surface area (Å²) >= 11 is 0. The lowest BCUT2D eigenvalue weighted by atomic mass is 10.1. The second-order valence-corrected chi connectivity index (χ2v) is 7.56. The van der Waals surface area contributed by atoms with Crippen LogP contribution in [-0.4, -0.2) is 62.9 Å². The van der Waals surface area contributed by atoms with Gasteiger partial charge in [0, 0.05) is 12.5 Å². The van der Waals surface area contributed by atoms with Crippen LogP contribution in [-0.2, 0) is 6.54 Å². The van der Waals surface area contributed by atoms with Crippen molar-refractivity contribution in [3.8, 4) is 12.3 Å². The van der Waals surface area contributed by atoms with Crippen LogP contribution < -0.4 is 5.32 Å². The minimum atomic E-state index is -0.829. The van der Waals surface area contributed by atoms with Crippen molar-refractivity contribution >= 4 is 23.8 Å². The number of hydrogen-bond donors (Lipinski definition) is 3. The van der Waals surface area contributed by atoms with E-state index in [9.17, 15) is 10.2 Å². The lowest BCUT2D eigenvalue weighted by Gasteiger charge is -2.19. The second-order valence-electron chi connectivity index (χ2n) is 7.56. The molecule has 0 spiro atoms. The molecule has 28 heavy (non-hydrogen) atoms. The minimum absolute atomic E-state index is 0.0245. The lowest BCUT2D eigenvalue weighted by Crippen LogP contribution is -2.48. The van der Waals surface area contributed by atoms with Gasteiger partial charge in [-0.2, -0.15) is 0 Å². The predicted octanol–water partition coefficient (Wildman–Crippen LogP) is 0.540. The normalized spacial score (nSPS) is 32.9. The first-order chi connectivity index (χ1) is 13.5. The van der Waals surface area contributed by atoms with Crippen LogP contribution in [0.2, 0.25) is 0 Å². The topological polar surface area (TPSA) is 92.6 Å². The van der Waals surface area contributed by atoms with Crippen molar-refractivity contribution in [1.29, 1.82) is 0 Å². The Kier molecular flexibility index (Phi) is 4.84. The zero-order valence-corrected chi connectivity index (χ0v) is 15.9. The van der Waals surface area contributed by atoms with Gasteiger partial charge in [-0.05, 0) is 30.0 Å². The highest BCUT2D eigenvalue weighted by Gasteiger charge is 2.48. The maximum absolute atomic E-state index is 10.4. The smallest absolute Gasteiger partial charge is 0.289 e. The molecule has 1 aromatic rings. The molecule has 7 heteroatoms. The highest BCUT2D eigenvalue weighted by atomic mass is 16.3. The van der Waals surface area contributed by atoms with Crippen LogP contribution in [0.3, 0.4) is 0 Å². The Hall–Kier alpha value is -2.82. The maximum Gasteiger partial charge on any atom is 0.289 e. The standard InChI is InChI=1S/C21H23N5O2/c1-4-14-6-5-7-15(9-14)10-22-20-17-21(25-13(3)24-20)26(11-23-17)16-8-12(2)18(27)19(16)28/h1,5-7,9,11-12,16-19,27-28H,8,10H2,2-3H3/p+1/t12-,16+,17?,18+,19-/m0/s1. The quantitative estimate of drug-likeness (QED) is 0.529. The average Bonchev–Trinajstić information content (AvgIpc) is 3.22. The molecule has 7 nitrogen and oxygen atoms in total. The summed E-state index contributed by atoms with van der Waals surface area (Å²) in [6.07, 6.45) is 6.29. The van der Waals surface area contributed by atoms with Crippen molar-refractivity contribution in [2.75, 3.05) is 0 Å². The molecular weight excluding hydrogens is 354 g/mol. The highest BCUT2D eigenvalue weighted by Crippen LogP contribution is 2.29. The van der Waals surface area contributed by atoms with Crippen LogP contribution in [0.4, 0.5) is 0 Å². The number of terminal acetylenes is 1. The monoisotopic (exact) mass is 378 g/mol. The number of rotatable bonds is 3. The van der Waals surface area contributed by atoms with Gasteiger partial charge in [0.1, 0.15) is 12.1 Å². The van der Waals surface area contributed by atoms with E-state index in [1.165, 1.54) is 0 Å². The van der Waals surface area contributed by atoms with Crippen molar-refractivity contribution in [3.05, 3.63) is 35.4 Å². The molecule has 144 valence electrons. The third-order valence-electron chi connectivity index (χ3n) is 5.52. The number of amidine groups is 3. The van der Waals surface area contributed by atoms with E-state index in [0.29, 0.717) is 18.8 Å². The SMILES string of the molecule is C#Cc1cccc(CN=C2NC(C)=NC3=[N+]([C@@H]4C[C@H](C)[C@@H](O)[C@H]4O)C=NC23)c1. The van der Waals surface area contributed by atoms with E-state index in [2.05, 4.69) is 21.2 Å².